The predicted octanol–water partition coefficient (Wildman–Crippen LogP) is 1.37. The summed E-state index contributed by atoms with van der Waals surface area (Å²) in [5.41, 5.74) is 5.85. The zero-order valence-corrected chi connectivity index (χ0v) is 14.3. The van der Waals surface area contributed by atoms with Crippen LogP contribution >= 0.6 is 11.6 Å². The molecule has 1 aliphatic heterocycles. The minimum Gasteiger partial charge on any atom is -0.389 e. The number of carbonyl (C=O) groups excluding carboxylic acids is 1. The fourth-order valence-corrected chi connectivity index (χ4v) is 3.82. The second kappa shape index (κ2) is 6.86. The molecule has 1 unspecified atom stereocenters. The van der Waals surface area contributed by atoms with Gasteiger partial charge in [0.2, 0.25) is 5.91 Å². The topological polar surface area (TPSA) is 108 Å². The number of oxime groups is 1. The third-order valence-electron chi connectivity index (χ3n) is 3.46. The van der Waals surface area contributed by atoms with Gasteiger partial charge in [0.15, 0.2) is 15.9 Å². The highest BCUT2D eigenvalue weighted by Gasteiger charge is 2.30. The quantitative estimate of drug-likeness (QED) is 0.824. The Morgan fingerprint density at radius 1 is 1.52 bits per heavy atom. The lowest BCUT2D eigenvalue weighted by Gasteiger charge is -2.13. The first-order chi connectivity index (χ1) is 10.8. The lowest BCUT2D eigenvalue weighted by molar-refractivity contribution is 0.0208. The van der Waals surface area contributed by atoms with Crippen molar-refractivity contribution in [3.8, 4) is 0 Å². The number of ether oxygens (including phenoxy) is 1. The molecule has 126 valence electrons. The molecular weight excluding hydrogens is 344 g/mol. The highest BCUT2D eigenvalue weighted by atomic mass is 35.5. The molecule has 0 aliphatic carbocycles. The Hall–Kier alpha value is -1.64. The molecule has 1 heterocycles. The van der Waals surface area contributed by atoms with Crippen LogP contribution in [-0.4, -0.2) is 45.6 Å². The Morgan fingerprint density at radius 2 is 2.22 bits per heavy atom. The summed E-state index contributed by atoms with van der Waals surface area (Å²) < 4.78 is 29.6. The first kappa shape index (κ1) is 17.7. The van der Waals surface area contributed by atoms with Crippen LogP contribution in [0.1, 0.15) is 29.3 Å². The van der Waals surface area contributed by atoms with Gasteiger partial charge in [0.25, 0.3) is 0 Å². The number of amides is 1. The van der Waals surface area contributed by atoms with Crippen LogP contribution in [0, 0.1) is 0 Å². The number of halogens is 1. The number of primary amides is 1. The van der Waals surface area contributed by atoms with Crippen LogP contribution in [0.15, 0.2) is 22.2 Å². The number of methoxy groups -OCH3 is 1. The van der Waals surface area contributed by atoms with Crippen LogP contribution in [0.4, 0.5) is 0 Å². The Balaban J connectivity index is 2.60. The molecule has 23 heavy (non-hydrogen) atoms. The van der Waals surface area contributed by atoms with Crippen LogP contribution in [0.5, 0.6) is 0 Å². The van der Waals surface area contributed by atoms with Gasteiger partial charge in [0, 0.05) is 19.1 Å². The van der Waals surface area contributed by atoms with Crippen LogP contribution < -0.4 is 5.73 Å². The average Bonchev–Trinajstić information content (AvgIpc) is 2.95. The van der Waals surface area contributed by atoms with Crippen LogP contribution in [0.25, 0.3) is 0 Å². The molecule has 0 aromatic heterocycles. The molecule has 0 saturated carbocycles. The summed E-state index contributed by atoms with van der Waals surface area (Å²) in [6, 6.07) is 2.63. The molecule has 9 heteroatoms. The summed E-state index contributed by atoms with van der Waals surface area (Å²) in [7, 11) is -2.04. The van der Waals surface area contributed by atoms with Gasteiger partial charge in [-0.15, -0.1) is 0 Å². The van der Waals surface area contributed by atoms with E-state index < -0.39 is 15.7 Å². The second-order valence-electron chi connectivity index (χ2n) is 4.99. The molecule has 0 bridgehead atoms. The van der Waals surface area contributed by atoms with Gasteiger partial charge in [0.05, 0.1) is 33.6 Å². The fourth-order valence-electron chi connectivity index (χ4n) is 2.28. The van der Waals surface area contributed by atoms with Gasteiger partial charge in [-0.2, -0.15) is 0 Å². The monoisotopic (exact) mass is 360 g/mol. The molecule has 2 N–H and O–H groups in total. The molecular formula is C14H17ClN2O5S. The Labute approximate surface area is 139 Å². The molecule has 7 nitrogen and oxygen atoms in total. The van der Waals surface area contributed by atoms with Gasteiger partial charge in [-0.3, -0.25) is 4.79 Å². The third kappa shape index (κ3) is 3.49. The average molecular weight is 361 g/mol. The predicted molar refractivity (Wildman–Crippen MR) is 85.6 cm³/mol. The van der Waals surface area contributed by atoms with Crippen molar-refractivity contribution in [3.63, 3.8) is 0 Å². The largest absolute Gasteiger partial charge is 0.389 e. The van der Waals surface area contributed by atoms with Crippen molar-refractivity contribution >= 4 is 33.1 Å². The standard InChI is InChI=1S/C14H17ClN2O5S/c1-3-23(19,20)11-5-4-9(14(16)18)13(15)12(11)10-6-8(7-21-2)22-17-10/h4-5,8H,3,6-7H2,1-2H3,(H2,16,18). The maximum Gasteiger partial charge on any atom is 0.250 e. The smallest absolute Gasteiger partial charge is 0.250 e. The van der Waals surface area contributed by atoms with Crippen LogP contribution in [-0.2, 0) is 19.4 Å². The summed E-state index contributed by atoms with van der Waals surface area (Å²) in [5.74, 6) is -0.855. The third-order valence-corrected chi connectivity index (χ3v) is 5.62. The SMILES string of the molecule is CCS(=O)(=O)c1ccc(C(N)=O)c(Cl)c1C1=NOC(COC)C1. The number of hydrogen-bond donors (Lipinski definition) is 1. The molecule has 0 radical (unpaired) electrons. The summed E-state index contributed by atoms with van der Waals surface area (Å²) in [6.07, 6.45) is -0.0114. The molecule has 1 atom stereocenters. The molecule has 0 spiro atoms. The molecule has 0 saturated heterocycles. The van der Waals surface area contributed by atoms with Crippen LogP contribution in [0.2, 0.25) is 5.02 Å². The van der Waals surface area contributed by atoms with Gasteiger partial charge >= 0.3 is 0 Å². The molecule has 2 rings (SSSR count). The Bertz CT molecular complexity index is 761. The Kier molecular flexibility index (Phi) is 5.28. The maximum atomic E-state index is 12.3. The van der Waals surface area contributed by atoms with Gasteiger partial charge in [-0.1, -0.05) is 23.7 Å². The van der Waals surface area contributed by atoms with E-state index in [-0.39, 0.29) is 32.9 Å². The van der Waals surface area contributed by atoms with E-state index in [1.165, 1.54) is 26.2 Å². The van der Waals surface area contributed by atoms with Crippen LogP contribution in [0.3, 0.4) is 0 Å². The maximum absolute atomic E-state index is 12.3. The first-order valence-electron chi connectivity index (χ1n) is 6.88. The van der Waals surface area contributed by atoms with Gasteiger partial charge in [0.1, 0.15) is 0 Å². The van der Waals surface area contributed by atoms with Crippen molar-refractivity contribution in [1.82, 2.24) is 0 Å². The summed E-state index contributed by atoms with van der Waals surface area (Å²) >= 11 is 6.24. The molecule has 1 amide bonds. The van der Waals surface area contributed by atoms with Gasteiger partial charge in [-0.25, -0.2) is 8.42 Å². The highest BCUT2D eigenvalue weighted by Crippen LogP contribution is 2.32. The zero-order valence-electron chi connectivity index (χ0n) is 12.7. The van der Waals surface area contributed by atoms with E-state index in [9.17, 15) is 13.2 Å². The van der Waals surface area contributed by atoms with Gasteiger partial charge in [-0.05, 0) is 12.1 Å². The molecule has 1 aliphatic rings. The van der Waals surface area contributed by atoms with Crippen molar-refractivity contribution in [2.75, 3.05) is 19.5 Å². The lowest BCUT2D eigenvalue weighted by atomic mass is 10.0. The molecule has 0 fully saturated rings. The lowest BCUT2D eigenvalue weighted by Crippen LogP contribution is -2.19. The molecule has 1 aromatic carbocycles. The zero-order chi connectivity index (χ0) is 17.2. The number of benzene rings is 1. The highest BCUT2D eigenvalue weighted by molar-refractivity contribution is 7.91. The van der Waals surface area contributed by atoms with Crippen molar-refractivity contribution in [3.05, 3.63) is 28.3 Å². The van der Waals surface area contributed by atoms with E-state index in [4.69, 9.17) is 26.9 Å². The fraction of sp³-hybridized carbons (Fsp3) is 0.429. The summed E-state index contributed by atoms with van der Waals surface area (Å²) in [6.45, 7) is 1.83. The number of nitrogens with two attached hydrogens (primary N) is 1. The van der Waals surface area contributed by atoms with E-state index in [2.05, 4.69) is 5.16 Å². The minimum atomic E-state index is -3.57. The van der Waals surface area contributed by atoms with Crippen molar-refractivity contribution in [1.29, 1.82) is 0 Å². The number of nitrogens with zero attached hydrogens (tertiary/aromatic N) is 1. The van der Waals surface area contributed by atoms with E-state index in [0.717, 1.165) is 0 Å². The van der Waals surface area contributed by atoms with Crippen molar-refractivity contribution < 1.29 is 22.8 Å². The van der Waals surface area contributed by atoms with E-state index in [1.807, 2.05) is 0 Å². The van der Waals surface area contributed by atoms with E-state index >= 15 is 0 Å². The minimum absolute atomic E-state index is 0.00965. The normalized spacial score (nSPS) is 17.7. The summed E-state index contributed by atoms with van der Waals surface area (Å²) in [5, 5.41) is 3.88. The first-order valence-corrected chi connectivity index (χ1v) is 8.91. The number of carbonyl (C=O) groups is 1. The number of rotatable bonds is 6. The molecule has 1 aromatic rings. The van der Waals surface area contributed by atoms with Crippen molar-refractivity contribution in [2.45, 2.75) is 24.3 Å². The van der Waals surface area contributed by atoms with E-state index in [0.29, 0.717) is 18.7 Å². The number of hydrogen-bond acceptors (Lipinski definition) is 6. The van der Waals surface area contributed by atoms with Crippen molar-refractivity contribution in [2.24, 2.45) is 10.9 Å². The van der Waals surface area contributed by atoms with E-state index in [1.54, 1.807) is 0 Å². The number of sulfone groups is 1. The Morgan fingerprint density at radius 3 is 2.78 bits per heavy atom. The van der Waals surface area contributed by atoms with Gasteiger partial charge < -0.3 is 15.3 Å². The second-order valence-corrected chi connectivity index (χ2v) is 7.62. The summed E-state index contributed by atoms with van der Waals surface area (Å²) in [4.78, 5) is 16.7.